The lowest BCUT2D eigenvalue weighted by atomic mass is 9.66. The number of nitrogens with one attached hydrogen (secondary N) is 1. The number of aliphatic carboxylic acids is 1. The quantitative estimate of drug-likeness (QED) is 0.622. The number of non-ortho nitro benzene ring substituents is 1. The van der Waals surface area contributed by atoms with Gasteiger partial charge in [0.25, 0.3) is 5.69 Å². The van der Waals surface area contributed by atoms with E-state index in [-0.39, 0.29) is 13.0 Å². The summed E-state index contributed by atoms with van der Waals surface area (Å²) >= 11 is 0. The Kier molecular flexibility index (Phi) is 4.06. The second-order valence-electron chi connectivity index (χ2n) is 5.32. The lowest BCUT2D eigenvalue weighted by molar-refractivity contribution is -0.385. The highest BCUT2D eigenvalue weighted by atomic mass is 19.1. The fourth-order valence-corrected chi connectivity index (χ4v) is 2.52. The number of hydrogen-bond donors (Lipinski definition) is 2. The van der Waals surface area contributed by atoms with Crippen molar-refractivity contribution in [1.82, 2.24) is 0 Å². The van der Waals surface area contributed by atoms with Crippen molar-refractivity contribution >= 4 is 17.3 Å². The number of benzene rings is 1. The van der Waals surface area contributed by atoms with Crippen molar-refractivity contribution in [3.8, 4) is 0 Å². The van der Waals surface area contributed by atoms with E-state index < -0.39 is 39.3 Å². The minimum Gasteiger partial charge on any atom is -0.481 e. The summed E-state index contributed by atoms with van der Waals surface area (Å²) in [5, 5.41) is 21.9. The smallest absolute Gasteiger partial charge is 0.303 e. The summed E-state index contributed by atoms with van der Waals surface area (Å²) < 4.78 is 27.4. The second kappa shape index (κ2) is 5.63. The third-order valence-corrected chi connectivity index (χ3v) is 3.82. The van der Waals surface area contributed by atoms with Crippen LogP contribution in [0, 0.1) is 27.2 Å². The Balaban J connectivity index is 2.13. The molecule has 114 valence electrons. The molecule has 0 saturated heterocycles. The fourth-order valence-electron chi connectivity index (χ4n) is 2.52. The molecule has 1 aromatic rings. The number of halogens is 2. The Labute approximate surface area is 118 Å². The molecule has 0 unspecified atom stereocenters. The topological polar surface area (TPSA) is 92.5 Å². The molecule has 0 spiro atoms. The SMILES string of the molecule is O=C(O)CC1(CNc2c(F)cc([N+](=O)[O-])cc2F)CCC1. The molecule has 8 heteroatoms. The summed E-state index contributed by atoms with van der Waals surface area (Å²) in [5.41, 5.74) is -1.64. The van der Waals surface area contributed by atoms with Crippen LogP contribution >= 0.6 is 0 Å². The van der Waals surface area contributed by atoms with E-state index in [9.17, 15) is 23.7 Å². The first-order chi connectivity index (χ1) is 9.83. The van der Waals surface area contributed by atoms with Gasteiger partial charge in [-0.15, -0.1) is 0 Å². The van der Waals surface area contributed by atoms with Crippen LogP contribution in [-0.4, -0.2) is 22.5 Å². The summed E-state index contributed by atoms with van der Waals surface area (Å²) in [7, 11) is 0. The Morgan fingerprint density at radius 2 is 1.95 bits per heavy atom. The van der Waals surface area contributed by atoms with Gasteiger partial charge in [0.05, 0.1) is 23.5 Å². The molecular formula is C13H14F2N2O4. The van der Waals surface area contributed by atoms with E-state index >= 15 is 0 Å². The number of nitro groups is 1. The van der Waals surface area contributed by atoms with E-state index in [0.717, 1.165) is 6.42 Å². The van der Waals surface area contributed by atoms with Crippen molar-refractivity contribution < 1.29 is 23.6 Å². The molecule has 1 aliphatic carbocycles. The molecule has 1 saturated carbocycles. The lowest BCUT2D eigenvalue weighted by Gasteiger charge is -2.41. The van der Waals surface area contributed by atoms with Crippen LogP contribution in [0.4, 0.5) is 20.2 Å². The van der Waals surface area contributed by atoms with E-state index in [2.05, 4.69) is 5.32 Å². The average molecular weight is 300 g/mol. The normalized spacial score (nSPS) is 16.1. The van der Waals surface area contributed by atoms with Gasteiger partial charge in [0.1, 0.15) is 5.69 Å². The zero-order chi connectivity index (χ0) is 15.6. The summed E-state index contributed by atoms with van der Waals surface area (Å²) in [6.07, 6.45) is 2.14. The van der Waals surface area contributed by atoms with Gasteiger partial charge in [-0.3, -0.25) is 14.9 Å². The first-order valence-corrected chi connectivity index (χ1v) is 6.42. The van der Waals surface area contributed by atoms with Crippen molar-refractivity contribution in [3.05, 3.63) is 33.9 Å². The summed E-state index contributed by atoms with van der Waals surface area (Å²) in [4.78, 5) is 20.4. The second-order valence-corrected chi connectivity index (χ2v) is 5.32. The van der Waals surface area contributed by atoms with Gasteiger partial charge in [0.15, 0.2) is 11.6 Å². The van der Waals surface area contributed by atoms with E-state index in [1.165, 1.54) is 0 Å². The maximum Gasteiger partial charge on any atom is 0.303 e. The molecule has 2 N–H and O–H groups in total. The molecule has 6 nitrogen and oxygen atoms in total. The molecule has 0 heterocycles. The first-order valence-electron chi connectivity index (χ1n) is 6.42. The van der Waals surface area contributed by atoms with Crippen LogP contribution in [0.25, 0.3) is 0 Å². The number of hydrogen-bond acceptors (Lipinski definition) is 4. The molecule has 0 radical (unpaired) electrons. The number of carbonyl (C=O) groups is 1. The van der Waals surface area contributed by atoms with E-state index in [0.29, 0.717) is 25.0 Å². The van der Waals surface area contributed by atoms with E-state index in [1.807, 2.05) is 0 Å². The van der Waals surface area contributed by atoms with Gasteiger partial charge in [-0.05, 0) is 18.3 Å². The molecule has 0 bridgehead atoms. The minimum atomic E-state index is -1.06. The molecular weight excluding hydrogens is 286 g/mol. The summed E-state index contributed by atoms with van der Waals surface area (Å²) in [5.74, 6) is -3.08. The Hall–Kier alpha value is -2.25. The monoisotopic (exact) mass is 300 g/mol. The zero-order valence-corrected chi connectivity index (χ0v) is 11.1. The molecule has 0 aromatic heterocycles. The van der Waals surface area contributed by atoms with Gasteiger partial charge in [-0.2, -0.15) is 0 Å². The van der Waals surface area contributed by atoms with Crippen LogP contribution in [0.2, 0.25) is 0 Å². The highest BCUT2D eigenvalue weighted by Crippen LogP contribution is 2.44. The summed E-state index contributed by atoms with van der Waals surface area (Å²) in [6, 6.07) is 1.27. The maximum atomic E-state index is 13.7. The van der Waals surface area contributed by atoms with Crippen LogP contribution in [-0.2, 0) is 4.79 Å². The van der Waals surface area contributed by atoms with Crippen molar-refractivity contribution in [1.29, 1.82) is 0 Å². The van der Waals surface area contributed by atoms with Crippen LogP contribution in [0.5, 0.6) is 0 Å². The third-order valence-electron chi connectivity index (χ3n) is 3.82. The molecule has 0 amide bonds. The van der Waals surface area contributed by atoms with Crippen molar-refractivity contribution in [3.63, 3.8) is 0 Å². The Morgan fingerprint density at radius 3 is 2.33 bits per heavy atom. The fraction of sp³-hybridized carbons (Fsp3) is 0.462. The molecule has 2 rings (SSSR count). The van der Waals surface area contributed by atoms with Gasteiger partial charge >= 0.3 is 5.97 Å². The predicted octanol–water partition coefficient (Wildman–Crippen LogP) is 2.93. The average Bonchev–Trinajstić information content (AvgIpc) is 2.33. The maximum absolute atomic E-state index is 13.7. The van der Waals surface area contributed by atoms with E-state index in [1.54, 1.807) is 0 Å². The zero-order valence-electron chi connectivity index (χ0n) is 11.1. The van der Waals surface area contributed by atoms with Crippen molar-refractivity contribution in [2.45, 2.75) is 25.7 Å². The standard InChI is InChI=1S/C13H14F2N2O4/c14-9-4-8(17(20)21)5-10(15)12(9)16-7-13(2-1-3-13)6-11(18)19/h4-5,16H,1-3,6-7H2,(H,18,19). The van der Waals surface area contributed by atoms with Crippen LogP contribution in [0.15, 0.2) is 12.1 Å². The molecule has 0 aliphatic heterocycles. The highest BCUT2D eigenvalue weighted by molar-refractivity contribution is 5.68. The minimum absolute atomic E-state index is 0.0732. The predicted molar refractivity (Wildman–Crippen MR) is 70.0 cm³/mol. The van der Waals surface area contributed by atoms with Gasteiger partial charge in [0, 0.05) is 6.54 Å². The number of nitro benzene ring substituents is 1. The van der Waals surface area contributed by atoms with Gasteiger partial charge in [0.2, 0.25) is 0 Å². The Morgan fingerprint density at radius 1 is 1.38 bits per heavy atom. The van der Waals surface area contributed by atoms with Crippen molar-refractivity contribution in [2.24, 2.45) is 5.41 Å². The number of rotatable bonds is 6. The third kappa shape index (κ3) is 3.26. The number of carboxylic acid groups (broad SMARTS) is 1. The lowest BCUT2D eigenvalue weighted by Crippen LogP contribution is -2.38. The number of carboxylic acids is 1. The van der Waals surface area contributed by atoms with Crippen LogP contribution in [0.1, 0.15) is 25.7 Å². The van der Waals surface area contributed by atoms with Crippen LogP contribution in [0.3, 0.4) is 0 Å². The van der Waals surface area contributed by atoms with Crippen molar-refractivity contribution in [2.75, 3.05) is 11.9 Å². The van der Waals surface area contributed by atoms with E-state index in [4.69, 9.17) is 5.11 Å². The molecule has 1 fully saturated rings. The van der Waals surface area contributed by atoms with Gasteiger partial charge in [-0.25, -0.2) is 8.78 Å². The van der Waals surface area contributed by atoms with Gasteiger partial charge in [-0.1, -0.05) is 6.42 Å². The van der Waals surface area contributed by atoms with Crippen LogP contribution < -0.4 is 5.32 Å². The molecule has 1 aromatic carbocycles. The molecule has 21 heavy (non-hydrogen) atoms. The molecule has 0 atom stereocenters. The number of nitrogens with zero attached hydrogens (tertiary/aromatic N) is 1. The molecule has 1 aliphatic rings. The highest BCUT2D eigenvalue weighted by Gasteiger charge is 2.39. The first kappa shape index (κ1) is 15.1. The largest absolute Gasteiger partial charge is 0.481 e. The summed E-state index contributed by atoms with van der Waals surface area (Å²) in [6.45, 7) is 0.116. The Bertz CT molecular complexity index is 565. The number of anilines is 1. The van der Waals surface area contributed by atoms with Gasteiger partial charge < -0.3 is 10.4 Å².